The second-order valence-corrected chi connectivity index (χ2v) is 7.07. The van der Waals surface area contributed by atoms with Crippen molar-refractivity contribution in [1.29, 1.82) is 0 Å². The van der Waals surface area contributed by atoms with E-state index in [1.54, 1.807) is 6.07 Å². The molecule has 2 heterocycles. The van der Waals surface area contributed by atoms with Crippen molar-refractivity contribution in [1.82, 2.24) is 14.8 Å². The molecule has 0 N–H and O–H groups in total. The fourth-order valence-electron chi connectivity index (χ4n) is 3.46. The third-order valence-corrected chi connectivity index (χ3v) is 4.98. The Morgan fingerprint density at radius 1 is 1.28 bits per heavy atom. The monoisotopic (exact) mass is 411 g/mol. The van der Waals surface area contributed by atoms with Crippen LogP contribution in [0.4, 0.5) is 22.4 Å². The van der Waals surface area contributed by atoms with Crippen LogP contribution in [0.25, 0.3) is 0 Å². The predicted molar refractivity (Wildman–Crippen MR) is 97.8 cm³/mol. The Bertz CT molecular complexity index is 888. The molecule has 0 bridgehead atoms. The first-order valence-corrected chi connectivity index (χ1v) is 9.12. The number of aromatic nitrogens is 1. The Labute approximate surface area is 165 Å². The standard InChI is InChI=1S/C20H21F4N3O2/c1-13-11-26(12-15-4-3-5-18(14(15)2)20(22,23)24)6-7-27(13)19(28)29-17-8-16(21)9-25-10-17/h3-5,8-10,13H,6-7,11-12H2,1-2H3/t13-/m1/s1. The minimum Gasteiger partial charge on any atom is -0.408 e. The Morgan fingerprint density at radius 3 is 2.69 bits per heavy atom. The van der Waals surface area contributed by atoms with Crippen molar-refractivity contribution in [3.63, 3.8) is 0 Å². The number of amides is 1. The SMILES string of the molecule is Cc1c(CN2CCN(C(=O)Oc3cncc(F)c3)[C@H](C)C2)cccc1C(F)(F)F. The number of ether oxygens (including phenoxy) is 1. The molecule has 1 aromatic heterocycles. The molecule has 1 fully saturated rings. The van der Waals surface area contributed by atoms with Crippen LogP contribution in [0.2, 0.25) is 0 Å². The van der Waals surface area contributed by atoms with Gasteiger partial charge >= 0.3 is 12.3 Å². The molecule has 0 aliphatic carbocycles. The number of hydrogen-bond donors (Lipinski definition) is 0. The van der Waals surface area contributed by atoms with E-state index in [1.807, 2.05) is 11.8 Å². The van der Waals surface area contributed by atoms with E-state index in [1.165, 1.54) is 24.1 Å². The zero-order valence-corrected chi connectivity index (χ0v) is 16.0. The number of alkyl halides is 3. The van der Waals surface area contributed by atoms with E-state index in [0.717, 1.165) is 18.3 Å². The number of carbonyl (C=O) groups excluding carboxylic acids is 1. The summed E-state index contributed by atoms with van der Waals surface area (Å²) < 4.78 is 57.7. The van der Waals surface area contributed by atoms with Crippen molar-refractivity contribution < 1.29 is 27.1 Å². The first kappa shape index (κ1) is 21.0. The lowest BCUT2D eigenvalue weighted by molar-refractivity contribution is -0.138. The van der Waals surface area contributed by atoms with Crippen molar-refractivity contribution in [3.05, 3.63) is 59.2 Å². The second kappa shape index (κ2) is 8.36. The van der Waals surface area contributed by atoms with Gasteiger partial charge in [0.15, 0.2) is 5.75 Å². The van der Waals surface area contributed by atoms with Gasteiger partial charge < -0.3 is 9.64 Å². The van der Waals surface area contributed by atoms with Crippen LogP contribution in [-0.4, -0.2) is 46.6 Å². The molecule has 0 saturated carbocycles. The normalized spacial score (nSPS) is 18.0. The van der Waals surface area contributed by atoms with Crippen LogP contribution >= 0.6 is 0 Å². The summed E-state index contributed by atoms with van der Waals surface area (Å²) in [5.41, 5.74) is 0.191. The number of rotatable bonds is 3. The molecule has 1 atom stereocenters. The summed E-state index contributed by atoms with van der Waals surface area (Å²) in [5, 5.41) is 0. The highest BCUT2D eigenvalue weighted by molar-refractivity contribution is 5.71. The van der Waals surface area contributed by atoms with E-state index in [-0.39, 0.29) is 17.4 Å². The lowest BCUT2D eigenvalue weighted by Crippen LogP contribution is -2.54. The van der Waals surface area contributed by atoms with Crippen LogP contribution in [0.1, 0.15) is 23.6 Å². The van der Waals surface area contributed by atoms with Crippen LogP contribution in [0.3, 0.4) is 0 Å². The molecule has 0 spiro atoms. The molecule has 1 aromatic carbocycles. The van der Waals surface area contributed by atoms with Crippen LogP contribution in [0.15, 0.2) is 36.7 Å². The van der Waals surface area contributed by atoms with Crippen molar-refractivity contribution in [3.8, 4) is 5.75 Å². The third kappa shape index (κ3) is 5.03. The van der Waals surface area contributed by atoms with Gasteiger partial charge in [0.1, 0.15) is 5.82 Å². The minimum atomic E-state index is -4.39. The number of piperazine rings is 1. The van der Waals surface area contributed by atoms with E-state index in [4.69, 9.17) is 4.74 Å². The Balaban J connectivity index is 1.62. The van der Waals surface area contributed by atoms with E-state index in [2.05, 4.69) is 4.98 Å². The fraction of sp³-hybridized carbons (Fsp3) is 0.400. The van der Waals surface area contributed by atoms with Gasteiger partial charge in [-0.05, 0) is 31.0 Å². The maximum atomic E-state index is 13.2. The van der Waals surface area contributed by atoms with Gasteiger partial charge in [0.05, 0.1) is 18.0 Å². The van der Waals surface area contributed by atoms with Gasteiger partial charge in [0, 0.05) is 38.3 Å². The highest BCUT2D eigenvalue weighted by Gasteiger charge is 2.34. The summed E-state index contributed by atoms with van der Waals surface area (Å²) >= 11 is 0. The van der Waals surface area contributed by atoms with Crippen LogP contribution < -0.4 is 4.74 Å². The summed E-state index contributed by atoms with van der Waals surface area (Å²) in [6.07, 6.45) is -2.74. The van der Waals surface area contributed by atoms with Gasteiger partial charge in [-0.25, -0.2) is 9.18 Å². The highest BCUT2D eigenvalue weighted by atomic mass is 19.4. The summed E-state index contributed by atoms with van der Waals surface area (Å²) in [5.74, 6) is -0.589. The molecule has 1 aliphatic heterocycles. The molecule has 1 amide bonds. The van der Waals surface area contributed by atoms with Gasteiger partial charge in [-0.3, -0.25) is 9.88 Å². The van der Waals surface area contributed by atoms with Crippen molar-refractivity contribution >= 4 is 6.09 Å². The van der Waals surface area contributed by atoms with Gasteiger partial charge in [0.2, 0.25) is 0 Å². The van der Waals surface area contributed by atoms with Crippen molar-refractivity contribution in [2.45, 2.75) is 32.6 Å². The quantitative estimate of drug-likeness (QED) is 0.709. The molecular weight excluding hydrogens is 390 g/mol. The highest BCUT2D eigenvalue weighted by Crippen LogP contribution is 2.33. The van der Waals surface area contributed by atoms with Crippen LogP contribution in [-0.2, 0) is 12.7 Å². The molecule has 9 heteroatoms. The largest absolute Gasteiger partial charge is 0.416 e. The lowest BCUT2D eigenvalue weighted by Gasteiger charge is -2.39. The number of nitrogens with zero attached hydrogens (tertiary/aromatic N) is 3. The molecule has 1 aliphatic rings. The molecule has 0 radical (unpaired) electrons. The third-order valence-electron chi connectivity index (χ3n) is 4.98. The smallest absolute Gasteiger partial charge is 0.408 e. The van der Waals surface area contributed by atoms with E-state index < -0.39 is 23.7 Å². The minimum absolute atomic E-state index is 0.0178. The zero-order chi connectivity index (χ0) is 21.2. The first-order valence-electron chi connectivity index (χ1n) is 9.12. The molecule has 156 valence electrons. The number of benzene rings is 1. The Hall–Kier alpha value is -2.68. The van der Waals surface area contributed by atoms with Gasteiger partial charge in [0.25, 0.3) is 0 Å². The molecule has 1 saturated heterocycles. The number of pyridine rings is 1. The average Bonchev–Trinajstić information content (AvgIpc) is 2.62. The molecule has 5 nitrogen and oxygen atoms in total. The summed E-state index contributed by atoms with van der Waals surface area (Å²) in [7, 11) is 0. The topological polar surface area (TPSA) is 45.7 Å². The maximum absolute atomic E-state index is 13.2. The fourth-order valence-corrected chi connectivity index (χ4v) is 3.46. The number of halogens is 4. The Morgan fingerprint density at radius 2 is 2.03 bits per heavy atom. The average molecular weight is 411 g/mol. The molecule has 29 heavy (non-hydrogen) atoms. The summed E-state index contributed by atoms with van der Waals surface area (Å²) in [4.78, 5) is 19.5. The predicted octanol–water partition coefficient (Wildman–Crippen LogP) is 4.25. The van der Waals surface area contributed by atoms with E-state index in [9.17, 15) is 22.4 Å². The maximum Gasteiger partial charge on any atom is 0.416 e. The second-order valence-electron chi connectivity index (χ2n) is 7.07. The van der Waals surface area contributed by atoms with Crippen molar-refractivity contribution in [2.75, 3.05) is 19.6 Å². The molecule has 0 unspecified atom stereocenters. The van der Waals surface area contributed by atoms with Gasteiger partial charge in [-0.1, -0.05) is 12.1 Å². The van der Waals surface area contributed by atoms with Crippen molar-refractivity contribution in [2.24, 2.45) is 0 Å². The van der Waals surface area contributed by atoms with E-state index >= 15 is 0 Å². The number of hydrogen-bond acceptors (Lipinski definition) is 4. The van der Waals surface area contributed by atoms with Crippen LogP contribution in [0.5, 0.6) is 5.75 Å². The molecule has 2 aromatic rings. The van der Waals surface area contributed by atoms with Crippen LogP contribution in [0, 0.1) is 12.7 Å². The number of carbonyl (C=O) groups is 1. The summed E-state index contributed by atoms with van der Waals surface area (Å²) in [6.45, 7) is 4.97. The Kier molecular flexibility index (Phi) is 6.07. The molecular formula is C20H21F4N3O2. The zero-order valence-electron chi connectivity index (χ0n) is 16.0. The molecule has 3 rings (SSSR count). The summed E-state index contributed by atoms with van der Waals surface area (Å²) in [6, 6.07) is 5.03. The van der Waals surface area contributed by atoms with Gasteiger partial charge in [-0.2, -0.15) is 13.2 Å². The van der Waals surface area contributed by atoms with E-state index in [0.29, 0.717) is 31.7 Å². The lowest BCUT2D eigenvalue weighted by atomic mass is 10.0. The van der Waals surface area contributed by atoms with Gasteiger partial charge in [-0.15, -0.1) is 0 Å². The first-order chi connectivity index (χ1) is 13.6.